The van der Waals surface area contributed by atoms with Gasteiger partial charge in [-0.2, -0.15) is 0 Å². The van der Waals surface area contributed by atoms with Gasteiger partial charge in [0.15, 0.2) is 0 Å². The Morgan fingerprint density at radius 3 is 2.65 bits per heavy atom. The lowest BCUT2D eigenvalue weighted by Crippen LogP contribution is -2.42. The number of hydrogen-bond donors (Lipinski definition) is 1. The van der Waals surface area contributed by atoms with Gasteiger partial charge in [0.05, 0.1) is 30.2 Å². The molecule has 1 fully saturated rings. The highest BCUT2D eigenvalue weighted by molar-refractivity contribution is 7.92. The van der Waals surface area contributed by atoms with Crippen LogP contribution >= 0.6 is 23.2 Å². The fourth-order valence-corrected chi connectivity index (χ4v) is 3.90. The van der Waals surface area contributed by atoms with Gasteiger partial charge in [0.1, 0.15) is 6.54 Å². The van der Waals surface area contributed by atoms with E-state index in [4.69, 9.17) is 27.9 Å². The van der Waals surface area contributed by atoms with Gasteiger partial charge < -0.3 is 10.1 Å². The van der Waals surface area contributed by atoms with E-state index in [0.717, 1.165) is 49.8 Å². The second kappa shape index (κ2) is 9.75. The molecular formula is C16H23Cl2N3O4S. The van der Waals surface area contributed by atoms with Gasteiger partial charge in [-0.15, -0.1) is 0 Å². The molecule has 0 aliphatic carbocycles. The predicted molar refractivity (Wildman–Crippen MR) is 104 cm³/mol. The summed E-state index contributed by atoms with van der Waals surface area (Å²) in [6.45, 7) is 4.23. The summed E-state index contributed by atoms with van der Waals surface area (Å²) in [5, 5.41) is 3.29. The summed E-state index contributed by atoms with van der Waals surface area (Å²) in [6, 6.07) is 4.48. The monoisotopic (exact) mass is 423 g/mol. The molecule has 1 saturated heterocycles. The van der Waals surface area contributed by atoms with E-state index in [-0.39, 0.29) is 17.3 Å². The number of carbonyl (C=O) groups excluding carboxylic acids is 1. The predicted octanol–water partition coefficient (Wildman–Crippen LogP) is 1.60. The molecule has 0 bridgehead atoms. The molecule has 2 rings (SSSR count). The van der Waals surface area contributed by atoms with Gasteiger partial charge in [-0.3, -0.25) is 14.0 Å². The highest BCUT2D eigenvalue weighted by Crippen LogP contribution is 2.30. The van der Waals surface area contributed by atoms with Gasteiger partial charge in [-0.05, 0) is 31.2 Å². The molecule has 0 unspecified atom stereocenters. The quantitative estimate of drug-likeness (QED) is 0.642. The lowest BCUT2D eigenvalue weighted by Gasteiger charge is -2.26. The first-order valence-electron chi connectivity index (χ1n) is 8.27. The summed E-state index contributed by atoms with van der Waals surface area (Å²) >= 11 is 12.0. The van der Waals surface area contributed by atoms with Crippen molar-refractivity contribution >= 4 is 44.8 Å². The Morgan fingerprint density at radius 1 is 1.31 bits per heavy atom. The summed E-state index contributed by atoms with van der Waals surface area (Å²) in [5.41, 5.74) is 0.185. The Labute approximate surface area is 164 Å². The first-order chi connectivity index (χ1) is 12.3. The van der Waals surface area contributed by atoms with Crippen molar-refractivity contribution in [3.8, 4) is 0 Å². The standard InChI is InChI=1S/C16H23Cl2N3O4S/c1-26(23,24)21(15-11-13(17)3-4-14(15)18)12-16(22)19-5-2-6-20-7-9-25-10-8-20/h3-4,11H,2,5-10,12H2,1H3,(H,19,22). The van der Waals surface area contributed by atoms with Crippen LogP contribution in [0.5, 0.6) is 0 Å². The molecule has 1 aliphatic rings. The second-order valence-electron chi connectivity index (χ2n) is 6.02. The SMILES string of the molecule is CS(=O)(=O)N(CC(=O)NCCCN1CCOCC1)c1cc(Cl)ccc1Cl. The number of morpholine rings is 1. The van der Waals surface area contributed by atoms with Crippen molar-refractivity contribution in [1.29, 1.82) is 0 Å². The zero-order valence-corrected chi connectivity index (χ0v) is 16.9. The largest absolute Gasteiger partial charge is 0.379 e. The third-order valence-electron chi connectivity index (χ3n) is 3.94. The number of carbonyl (C=O) groups is 1. The molecule has 1 N–H and O–H groups in total. The van der Waals surface area contributed by atoms with Gasteiger partial charge in [0, 0.05) is 24.7 Å². The zero-order valence-electron chi connectivity index (χ0n) is 14.6. The maximum atomic E-state index is 12.2. The molecule has 10 heteroatoms. The Kier molecular flexibility index (Phi) is 7.97. The van der Waals surface area contributed by atoms with Crippen LogP contribution < -0.4 is 9.62 Å². The van der Waals surface area contributed by atoms with Crippen molar-refractivity contribution in [2.75, 3.05) is 56.5 Å². The Hall–Kier alpha value is -1.06. The molecule has 0 saturated carbocycles. The Morgan fingerprint density at radius 2 is 2.00 bits per heavy atom. The number of halogens is 2. The van der Waals surface area contributed by atoms with Crippen LogP contribution in [0, 0.1) is 0 Å². The Bertz CT molecular complexity index is 724. The molecule has 1 aromatic carbocycles. The van der Waals surface area contributed by atoms with Gasteiger partial charge in [0.25, 0.3) is 0 Å². The lowest BCUT2D eigenvalue weighted by atomic mass is 10.3. The molecule has 1 aromatic rings. The van der Waals surface area contributed by atoms with Gasteiger partial charge >= 0.3 is 0 Å². The summed E-state index contributed by atoms with van der Waals surface area (Å²) < 4.78 is 30.4. The highest BCUT2D eigenvalue weighted by atomic mass is 35.5. The number of rotatable bonds is 8. The van der Waals surface area contributed by atoms with E-state index < -0.39 is 15.9 Å². The van der Waals surface area contributed by atoms with E-state index in [9.17, 15) is 13.2 Å². The topological polar surface area (TPSA) is 79.0 Å². The normalized spacial score (nSPS) is 15.7. The number of ether oxygens (including phenoxy) is 1. The van der Waals surface area contributed by atoms with Gasteiger partial charge in [0.2, 0.25) is 15.9 Å². The lowest BCUT2D eigenvalue weighted by molar-refractivity contribution is -0.119. The van der Waals surface area contributed by atoms with Crippen LogP contribution in [0.25, 0.3) is 0 Å². The van der Waals surface area contributed by atoms with Crippen LogP contribution in [0.4, 0.5) is 5.69 Å². The molecule has 146 valence electrons. The van der Waals surface area contributed by atoms with E-state index in [2.05, 4.69) is 10.2 Å². The van der Waals surface area contributed by atoms with Crippen molar-refractivity contribution in [1.82, 2.24) is 10.2 Å². The minimum absolute atomic E-state index is 0.185. The maximum absolute atomic E-state index is 12.2. The number of anilines is 1. The second-order valence-corrected chi connectivity index (χ2v) is 8.77. The molecule has 26 heavy (non-hydrogen) atoms. The van der Waals surface area contributed by atoms with Crippen LogP contribution in [-0.2, 0) is 19.6 Å². The average molecular weight is 424 g/mol. The van der Waals surface area contributed by atoms with E-state index in [1.807, 2.05) is 0 Å². The van der Waals surface area contributed by atoms with Crippen molar-refractivity contribution in [3.63, 3.8) is 0 Å². The van der Waals surface area contributed by atoms with Crippen LogP contribution in [-0.4, -0.2) is 71.4 Å². The summed E-state index contributed by atoms with van der Waals surface area (Å²) in [6.07, 6.45) is 1.80. The van der Waals surface area contributed by atoms with E-state index >= 15 is 0 Å². The summed E-state index contributed by atoms with van der Waals surface area (Å²) in [5.74, 6) is -0.395. The zero-order chi connectivity index (χ0) is 19.2. The third-order valence-corrected chi connectivity index (χ3v) is 5.62. The van der Waals surface area contributed by atoms with E-state index in [0.29, 0.717) is 11.6 Å². The number of nitrogens with zero attached hydrogens (tertiary/aromatic N) is 2. The summed E-state index contributed by atoms with van der Waals surface area (Å²) in [4.78, 5) is 14.5. The molecule has 1 aliphatic heterocycles. The molecule has 0 spiro atoms. The molecule has 0 atom stereocenters. The highest BCUT2D eigenvalue weighted by Gasteiger charge is 2.23. The van der Waals surface area contributed by atoms with Crippen LogP contribution in [0.1, 0.15) is 6.42 Å². The number of benzene rings is 1. The third kappa shape index (κ3) is 6.59. The van der Waals surface area contributed by atoms with Gasteiger partial charge in [-0.25, -0.2) is 8.42 Å². The fraction of sp³-hybridized carbons (Fsp3) is 0.562. The number of amides is 1. The molecule has 7 nitrogen and oxygen atoms in total. The van der Waals surface area contributed by atoms with Crippen LogP contribution in [0.3, 0.4) is 0 Å². The first kappa shape index (κ1) is 21.2. The van der Waals surface area contributed by atoms with E-state index in [1.165, 1.54) is 12.1 Å². The molecule has 1 amide bonds. The molecule has 0 radical (unpaired) electrons. The number of nitrogens with one attached hydrogen (secondary N) is 1. The minimum atomic E-state index is -3.69. The fourth-order valence-electron chi connectivity index (χ4n) is 2.60. The molecular weight excluding hydrogens is 401 g/mol. The maximum Gasteiger partial charge on any atom is 0.240 e. The number of hydrogen-bond acceptors (Lipinski definition) is 5. The first-order valence-corrected chi connectivity index (χ1v) is 10.9. The van der Waals surface area contributed by atoms with Gasteiger partial charge in [-0.1, -0.05) is 23.2 Å². The average Bonchev–Trinajstić information content (AvgIpc) is 2.59. The van der Waals surface area contributed by atoms with Crippen molar-refractivity contribution in [3.05, 3.63) is 28.2 Å². The molecule has 1 heterocycles. The smallest absolute Gasteiger partial charge is 0.240 e. The van der Waals surface area contributed by atoms with Crippen molar-refractivity contribution in [2.24, 2.45) is 0 Å². The Balaban J connectivity index is 1.89. The number of sulfonamides is 1. The van der Waals surface area contributed by atoms with Crippen LogP contribution in [0.2, 0.25) is 10.0 Å². The minimum Gasteiger partial charge on any atom is -0.379 e. The van der Waals surface area contributed by atoms with Crippen molar-refractivity contribution in [2.45, 2.75) is 6.42 Å². The molecule has 0 aromatic heterocycles. The summed E-state index contributed by atoms with van der Waals surface area (Å²) in [7, 11) is -3.69. The van der Waals surface area contributed by atoms with E-state index in [1.54, 1.807) is 6.07 Å². The van der Waals surface area contributed by atoms with Crippen LogP contribution in [0.15, 0.2) is 18.2 Å². The van der Waals surface area contributed by atoms with Crippen molar-refractivity contribution < 1.29 is 17.9 Å².